The summed E-state index contributed by atoms with van der Waals surface area (Å²) in [7, 11) is 1.46. The van der Waals surface area contributed by atoms with Crippen LogP contribution in [0.1, 0.15) is 96.0 Å². The molecule has 0 spiro atoms. The van der Waals surface area contributed by atoms with E-state index >= 15 is 0 Å². The number of ether oxygens (including phenoxy) is 3. The van der Waals surface area contributed by atoms with Crippen LogP contribution in [0.15, 0.2) is 64.8 Å². The van der Waals surface area contributed by atoms with Crippen molar-refractivity contribution in [2.45, 2.75) is 86.5 Å². The molecule has 0 radical (unpaired) electrons. The molecule has 1 aromatic rings. The van der Waals surface area contributed by atoms with Gasteiger partial charge in [-0.15, -0.1) is 0 Å². The zero-order valence-corrected chi connectivity index (χ0v) is 23.2. The summed E-state index contributed by atoms with van der Waals surface area (Å²) < 4.78 is 15.2. The van der Waals surface area contributed by atoms with Crippen LogP contribution in [0, 0.1) is 0 Å². The van der Waals surface area contributed by atoms with E-state index in [4.69, 9.17) is 14.2 Å². The van der Waals surface area contributed by atoms with Crippen LogP contribution in [0.4, 0.5) is 0 Å². The van der Waals surface area contributed by atoms with Crippen molar-refractivity contribution >= 4 is 11.9 Å². The lowest BCUT2D eigenvalue weighted by atomic mass is 10.0. The predicted molar refractivity (Wildman–Crippen MR) is 147 cm³/mol. The molecule has 0 N–H and O–H groups in total. The van der Waals surface area contributed by atoms with Gasteiger partial charge in [0.05, 0.1) is 5.56 Å². The first kappa shape index (κ1) is 31.1. The van der Waals surface area contributed by atoms with E-state index in [2.05, 4.69) is 58.9 Å². The van der Waals surface area contributed by atoms with Crippen LogP contribution >= 0.6 is 0 Å². The highest BCUT2D eigenvalue weighted by molar-refractivity contribution is 5.90. The molecule has 0 bridgehead atoms. The van der Waals surface area contributed by atoms with Crippen molar-refractivity contribution < 1.29 is 23.8 Å². The fraction of sp³-hybridized carbons (Fsp3) is 0.484. The molecule has 0 unspecified atom stereocenters. The van der Waals surface area contributed by atoms with E-state index in [1.807, 2.05) is 0 Å². The van der Waals surface area contributed by atoms with Gasteiger partial charge in [0.25, 0.3) is 0 Å². The van der Waals surface area contributed by atoms with Gasteiger partial charge in [0.1, 0.15) is 5.75 Å². The van der Waals surface area contributed by atoms with Crippen molar-refractivity contribution in [1.82, 2.24) is 0 Å². The fourth-order valence-electron chi connectivity index (χ4n) is 3.59. The van der Waals surface area contributed by atoms with Crippen LogP contribution in [0.25, 0.3) is 0 Å². The SMILES string of the molecule is COCOC(=O)c1ccc(OC(C)=O)c(C/C=C(\C)CC/C=C(\C)CC/C=C(\C)CCC=C(C)C)c1. The van der Waals surface area contributed by atoms with Gasteiger partial charge < -0.3 is 14.2 Å². The maximum Gasteiger partial charge on any atom is 0.340 e. The lowest BCUT2D eigenvalue weighted by Crippen LogP contribution is -2.09. The van der Waals surface area contributed by atoms with Gasteiger partial charge in [0, 0.05) is 14.0 Å². The molecule has 0 saturated carbocycles. The van der Waals surface area contributed by atoms with Gasteiger partial charge in [0.15, 0.2) is 6.79 Å². The normalized spacial score (nSPS) is 12.4. The Bertz CT molecular complexity index is 975. The maximum atomic E-state index is 12.2. The first-order valence-corrected chi connectivity index (χ1v) is 12.7. The van der Waals surface area contributed by atoms with E-state index in [0.717, 1.165) is 44.1 Å². The Kier molecular flexibility index (Phi) is 15.1. The van der Waals surface area contributed by atoms with Crippen LogP contribution < -0.4 is 4.74 Å². The Morgan fingerprint density at radius 3 is 1.86 bits per heavy atom. The zero-order chi connectivity index (χ0) is 26.9. The number of esters is 2. The van der Waals surface area contributed by atoms with Crippen molar-refractivity contribution in [2.75, 3.05) is 13.9 Å². The molecular formula is C31H44O5. The molecule has 0 aliphatic carbocycles. The number of carbonyl (C=O) groups is 2. The lowest BCUT2D eigenvalue weighted by molar-refractivity contribution is -0.131. The zero-order valence-electron chi connectivity index (χ0n) is 23.2. The van der Waals surface area contributed by atoms with Crippen molar-refractivity contribution in [2.24, 2.45) is 0 Å². The highest BCUT2D eigenvalue weighted by Gasteiger charge is 2.12. The highest BCUT2D eigenvalue weighted by atomic mass is 16.7. The molecule has 1 rings (SSSR count). The topological polar surface area (TPSA) is 61.8 Å². The van der Waals surface area contributed by atoms with Gasteiger partial charge >= 0.3 is 11.9 Å². The number of allylic oxidation sites excluding steroid dienone is 8. The van der Waals surface area contributed by atoms with Crippen LogP contribution in [0.5, 0.6) is 5.75 Å². The third-order valence-electron chi connectivity index (χ3n) is 5.68. The molecule has 0 heterocycles. The van der Waals surface area contributed by atoms with Crippen molar-refractivity contribution in [3.8, 4) is 5.75 Å². The number of benzene rings is 1. The predicted octanol–water partition coefficient (Wildman–Crippen LogP) is 8.06. The monoisotopic (exact) mass is 496 g/mol. The van der Waals surface area contributed by atoms with E-state index < -0.39 is 11.9 Å². The van der Waals surface area contributed by atoms with Crippen LogP contribution in [0.3, 0.4) is 0 Å². The first-order valence-electron chi connectivity index (χ1n) is 12.7. The molecule has 5 nitrogen and oxygen atoms in total. The smallest absolute Gasteiger partial charge is 0.340 e. The summed E-state index contributed by atoms with van der Waals surface area (Å²) >= 11 is 0. The number of carbonyl (C=O) groups excluding carboxylic acids is 2. The molecular weight excluding hydrogens is 452 g/mol. The number of hydrogen-bond donors (Lipinski definition) is 0. The minimum atomic E-state index is -0.480. The second-order valence-corrected chi connectivity index (χ2v) is 9.51. The average molecular weight is 497 g/mol. The largest absolute Gasteiger partial charge is 0.435 e. The van der Waals surface area contributed by atoms with E-state index in [9.17, 15) is 9.59 Å². The number of methoxy groups -OCH3 is 1. The summed E-state index contributed by atoms with van der Waals surface area (Å²) in [5, 5.41) is 0. The maximum absolute atomic E-state index is 12.2. The van der Waals surface area contributed by atoms with Gasteiger partial charge in [-0.05, 0) is 103 Å². The van der Waals surface area contributed by atoms with Gasteiger partial charge in [-0.25, -0.2) is 4.79 Å². The third-order valence-corrected chi connectivity index (χ3v) is 5.68. The van der Waals surface area contributed by atoms with Crippen molar-refractivity contribution in [3.05, 3.63) is 75.9 Å². The highest BCUT2D eigenvalue weighted by Crippen LogP contribution is 2.23. The summed E-state index contributed by atoms with van der Waals surface area (Å²) in [6, 6.07) is 4.93. The molecule has 36 heavy (non-hydrogen) atoms. The summed E-state index contributed by atoms with van der Waals surface area (Å²) in [5.74, 6) is -0.424. The average Bonchev–Trinajstić information content (AvgIpc) is 2.81. The van der Waals surface area contributed by atoms with E-state index in [0.29, 0.717) is 17.7 Å². The summed E-state index contributed by atoms with van der Waals surface area (Å²) in [6.45, 7) is 12.1. The van der Waals surface area contributed by atoms with Gasteiger partial charge in [-0.2, -0.15) is 0 Å². The second-order valence-electron chi connectivity index (χ2n) is 9.51. The van der Waals surface area contributed by atoms with E-state index in [1.54, 1.807) is 18.2 Å². The molecule has 0 aromatic heterocycles. The van der Waals surface area contributed by atoms with Crippen molar-refractivity contribution in [3.63, 3.8) is 0 Å². The Hall–Kier alpha value is -2.92. The minimum absolute atomic E-state index is 0.113. The summed E-state index contributed by atoms with van der Waals surface area (Å²) in [5.41, 5.74) is 6.65. The third kappa shape index (κ3) is 13.8. The second kappa shape index (κ2) is 17.5. The molecule has 0 saturated heterocycles. The first-order chi connectivity index (χ1) is 17.1. The van der Waals surface area contributed by atoms with Crippen LogP contribution in [-0.4, -0.2) is 25.8 Å². The molecule has 0 aliphatic rings. The molecule has 1 aromatic carbocycles. The Morgan fingerprint density at radius 2 is 1.33 bits per heavy atom. The summed E-state index contributed by atoms with van der Waals surface area (Å²) in [6.07, 6.45) is 16.0. The van der Waals surface area contributed by atoms with E-state index in [-0.39, 0.29) is 6.79 Å². The molecule has 5 heteroatoms. The quantitative estimate of drug-likeness (QED) is 0.106. The molecule has 0 atom stereocenters. The van der Waals surface area contributed by atoms with Crippen LogP contribution in [-0.2, 0) is 20.7 Å². The minimum Gasteiger partial charge on any atom is -0.435 e. The van der Waals surface area contributed by atoms with Crippen molar-refractivity contribution in [1.29, 1.82) is 0 Å². The molecule has 0 aliphatic heterocycles. The Morgan fingerprint density at radius 1 is 0.778 bits per heavy atom. The van der Waals surface area contributed by atoms with Gasteiger partial charge in [-0.3, -0.25) is 4.79 Å². The summed E-state index contributed by atoms with van der Waals surface area (Å²) in [4.78, 5) is 23.7. The molecule has 0 amide bonds. The standard InChI is InChI=1S/C31H44O5/c1-23(2)11-8-12-24(3)13-9-14-25(4)15-10-16-26(5)17-18-28-21-29(31(33)35-22-34-7)19-20-30(28)36-27(6)32/h11,13,15,17,19-21H,8-10,12,14,16,18,22H2,1-7H3/b24-13+,25-15+,26-17+. The fourth-order valence-corrected chi connectivity index (χ4v) is 3.59. The van der Waals surface area contributed by atoms with Gasteiger partial charge in [-0.1, -0.05) is 46.6 Å². The van der Waals surface area contributed by atoms with Gasteiger partial charge in [0.2, 0.25) is 0 Å². The Labute approximate surface area is 217 Å². The number of hydrogen-bond acceptors (Lipinski definition) is 5. The lowest BCUT2D eigenvalue weighted by Gasteiger charge is -2.10. The Balaban J connectivity index is 2.65. The molecule has 0 fully saturated rings. The molecule has 198 valence electrons. The van der Waals surface area contributed by atoms with E-state index in [1.165, 1.54) is 36.3 Å². The number of rotatable bonds is 15. The van der Waals surface area contributed by atoms with Crippen LogP contribution in [0.2, 0.25) is 0 Å².